The molecule has 17 heavy (non-hydrogen) atoms. The van der Waals surface area contributed by atoms with Gasteiger partial charge in [0.1, 0.15) is 17.2 Å². The summed E-state index contributed by atoms with van der Waals surface area (Å²) in [6, 6.07) is 0.678. The molecule has 1 aromatic rings. The van der Waals surface area contributed by atoms with E-state index in [1.54, 1.807) is 20.8 Å². The fraction of sp³-hybridized carbons (Fsp3) is 0.545. The van der Waals surface area contributed by atoms with Gasteiger partial charge >= 0.3 is 6.18 Å². The highest BCUT2D eigenvalue weighted by molar-refractivity contribution is 5.92. The molecule has 0 saturated heterocycles. The normalized spacial score (nSPS) is 12.6. The average Bonchev–Trinajstić information content (AvgIpc) is 2.14. The van der Waals surface area contributed by atoms with Gasteiger partial charge in [-0.25, -0.2) is 9.97 Å². The number of hydrogen-bond acceptors (Lipinski definition) is 3. The maximum absolute atomic E-state index is 12.6. The molecule has 94 valence electrons. The number of hydrogen-bond donors (Lipinski definition) is 0. The monoisotopic (exact) mass is 246 g/mol. The SMILES string of the molecule is CC(=O)c1cc(C(F)(F)F)nc(C(C)(C)C)n1. The standard InChI is InChI=1S/C11H13F3N2O/c1-6(17)7-5-8(11(12,13)14)16-9(15-7)10(2,3)4/h5H,1-4H3. The van der Waals surface area contributed by atoms with E-state index in [0.717, 1.165) is 0 Å². The van der Waals surface area contributed by atoms with Crippen LogP contribution < -0.4 is 0 Å². The van der Waals surface area contributed by atoms with Gasteiger partial charge in [-0.2, -0.15) is 13.2 Å². The molecule has 0 N–H and O–H groups in total. The number of carbonyl (C=O) groups is 1. The largest absolute Gasteiger partial charge is 0.433 e. The predicted octanol–water partition coefficient (Wildman–Crippen LogP) is 3.00. The summed E-state index contributed by atoms with van der Waals surface area (Å²) in [5.74, 6) is -0.499. The van der Waals surface area contributed by atoms with Gasteiger partial charge in [-0.15, -0.1) is 0 Å². The lowest BCUT2D eigenvalue weighted by Crippen LogP contribution is -2.21. The highest BCUT2D eigenvalue weighted by atomic mass is 19.4. The van der Waals surface area contributed by atoms with Crippen LogP contribution in [0.3, 0.4) is 0 Å². The first kappa shape index (κ1) is 13.6. The van der Waals surface area contributed by atoms with Gasteiger partial charge < -0.3 is 0 Å². The summed E-state index contributed by atoms with van der Waals surface area (Å²) in [6.07, 6.45) is -4.58. The maximum Gasteiger partial charge on any atom is 0.433 e. The number of alkyl halides is 3. The number of nitrogens with zero attached hydrogens (tertiary/aromatic N) is 2. The molecule has 1 aromatic heterocycles. The van der Waals surface area contributed by atoms with E-state index in [1.165, 1.54) is 6.92 Å². The molecule has 0 fully saturated rings. The van der Waals surface area contributed by atoms with E-state index in [9.17, 15) is 18.0 Å². The fourth-order valence-electron chi connectivity index (χ4n) is 1.11. The summed E-state index contributed by atoms with van der Waals surface area (Å²) in [5, 5.41) is 0. The number of carbonyl (C=O) groups excluding carboxylic acids is 1. The topological polar surface area (TPSA) is 42.9 Å². The predicted molar refractivity (Wildman–Crippen MR) is 55.7 cm³/mol. The molecule has 1 heterocycles. The van der Waals surface area contributed by atoms with Crippen molar-refractivity contribution in [1.82, 2.24) is 9.97 Å². The Bertz CT molecular complexity index is 415. The smallest absolute Gasteiger partial charge is 0.293 e. The lowest BCUT2D eigenvalue weighted by molar-refractivity contribution is -0.141. The van der Waals surface area contributed by atoms with Crippen LogP contribution in [0.4, 0.5) is 13.2 Å². The van der Waals surface area contributed by atoms with E-state index in [1.807, 2.05) is 0 Å². The molecule has 0 aliphatic rings. The highest BCUT2D eigenvalue weighted by Crippen LogP contribution is 2.30. The van der Waals surface area contributed by atoms with Crippen molar-refractivity contribution in [1.29, 1.82) is 0 Å². The Kier molecular flexibility index (Phi) is 3.27. The minimum Gasteiger partial charge on any atom is -0.293 e. The molecule has 0 atom stereocenters. The molecule has 0 aliphatic carbocycles. The third kappa shape index (κ3) is 3.25. The van der Waals surface area contributed by atoms with Crippen LogP contribution in [0.25, 0.3) is 0 Å². The number of Topliss-reactive ketones (excluding diaryl/α,β-unsaturated/α-hetero) is 1. The summed E-state index contributed by atoms with van der Waals surface area (Å²) < 4.78 is 37.8. The molecular formula is C11H13F3N2O. The zero-order valence-corrected chi connectivity index (χ0v) is 10.0. The number of ketones is 1. The van der Waals surface area contributed by atoms with E-state index >= 15 is 0 Å². The second-order valence-electron chi connectivity index (χ2n) is 4.77. The Labute approximate surface area is 97.1 Å². The van der Waals surface area contributed by atoms with Crippen molar-refractivity contribution in [2.45, 2.75) is 39.3 Å². The van der Waals surface area contributed by atoms with Crippen LogP contribution in [0.15, 0.2) is 6.07 Å². The van der Waals surface area contributed by atoms with Gasteiger partial charge in [-0.05, 0) is 6.07 Å². The van der Waals surface area contributed by atoms with Gasteiger partial charge in [0.2, 0.25) is 0 Å². The minimum atomic E-state index is -4.58. The molecule has 0 spiro atoms. The van der Waals surface area contributed by atoms with E-state index in [2.05, 4.69) is 9.97 Å². The zero-order chi connectivity index (χ0) is 13.4. The minimum absolute atomic E-state index is 0.0116. The fourth-order valence-corrected chi connectivity index (χ4v) is 1.11. The second-order valence-corrected chi connectivity index (χ2v) is 4.77. The van der Waals surface area contributed by atoms with Crippen molar-refractivity contribution >= 4 is 5.78 Å². The van der Waals surface area contributed by atoms with Crippen LogP contribution in [-0.2, 0) is 11.6 Å². The van der Waals surface area contributed by atoms with Crippen LogP contribution in [0.2, 0.25) is 0 Å². The van der Waals surface area contributed by atoms with Gasteiger partial charge in [0.15, 0.2) is 5.78 Å². The first-order chi connectivity index (χ1) is 7.51. The van der Waals surface area contributed by atoms with Gasteiger partial charge in [0, 0.05) is 12.3 Å². The Morgan fingerprint density at radius 1 is 1.18 bits per heavy atom. The molecule has 1 rings (SSSR count). The Balaban J connectivity index is 3.45. The molecular weight excluding hydrogens is 233 g/mol. The first-order valence-corrected chi connectivity index (χ1v) is 4.99. The van der Waals surface area contributed by atoms with E-state index in [0.29, 0.717) is 6.07 Å². The van der Waals surface area contributed by atoms with Crippen molar-refractivity contribution in [3.63, 3.8) is 0 Å². The van der Waals surface area contributed by atoms with Crippen LogP contribution in [0.5, 0.6) is 0 Å². The zero-order valence-electron chi connectivity index (χ0n) is 10.0. The Morgan fingerprint density at radius 3 is 2.06 bits per heavy atom. The molecule has 0 bridgehead atoms. The molecule has 3 nitrogen and oxygen atoms in total. The highest BCUT2D eigenvalue weighted by Gasteiger charge is 2.35. The lowest BCUT2D eigenvalue weighted by Gasteiger charge is -2.18. The quantitative estimate of drug-likeness (QED) is 0.715. The van der Waals surface area contributed by atoms with E-state index in [-0.39, 0.29) is 11.5 Å². The number of aromatic nitrogens is 2. The Hall–Kier alpha value is -1.46. The van der Waals surface area contributed by atoms with E-state index < -0.39 is 23.1 Å². The molecule has 0 aromatic carbocycles. The van der Waals surface area contributed by atoms with Crippen LogP contribution in [0, 0.1) is 0 Å². The summed E-state index contributed by atoms with van der Waals surface area (Å²) in [5.41, 5.74) is -1.94. The summed E-state index contributed by atoms with van der Waals surface area (Å²) >= 11 is 0. The van der Waals surface area contributed by atoms with Crippen molar-refractivity contribution in [3.05, 3.63) is 23.3 Å². The van der Waals surface area contributed by atoms with Crippen molar-refractivity contribution in [2.24, 2.45) is 0 Å². The lowest BCUT2D eigenvalue weighted by atomic mass is 9.95. The average molecular weight is 246 g/mol. The summed E-state index contributed by atoms with van der Waals surface area (Å²) in [6.45, 7) is 6.24. The van der Waals surface area contributed by atoms with Gasteiger partial charge in [0.05, 0.1) is 0 Å². The van der Waals surface area contributed by atoms with Crippen molar-refractivity contribution in [3.8, 4) is 0 Å². The summed E-state index contributed by atoms with van der Waals surface area (Å²) in [7, 11) is 0. The van der Waals surface area contributed by atoms with Gasteiger partial charge in [-0.1, -0.05) is 20.8 Å². The van der Waals surface area contributed by atoms with Crippen LogP contribution >= 0.6 is 0 Å². The molecule has 0 unspecified atom stereocenters. The third-order valence-electron chi connectivity index (χ3n) is 2.05. The molecule has 0 amide bonds. The van der Waals surface area contributed by atoms with Gasteiger partial charge in [0.25, 0.3) is 0 Å². The summed E-state index contributed by atoms with van der Waals surface area (Å²) in [4.78, 5) is 18.5. The van der Waals surface area contributed by atoms with Crippen molar-refractivity contribution < 1.29 is 18.0 Å². The molecule has 0 saturated carbocycles. The first-order valence-electron chi connectivity index (χ1n) is 4.99. The molecule has 0 aliphatic heterocycles. The molecule has 6 heteroatoms. The molecule has 0 radical (unpaired) electrons. The van der Waals surface area contributed by atoms with Gasteiger partial charge in [-0.3, -0.25) is 4.79 Å². The van der Waals surface area contributed by atoms with Crippen LogP contribution in [-0.4, -0.2) is 15.8 Å². The van der Waals surface area contributed by atoms with Crippen LogP contribution in [0.1, 0.15) is 49.7 Å². The number of rotatable bonds is 1. The Morgan fingerprint density at radius 2 is 1.71 bits per heavy atom. The maximum atomic E-state index is 12.6. The van der Waals surface area contributed by atoms with Crippen molar-refractivity contribution in [2.75, 3.05) is 0 Å². The third-order valence-corrected chi connectivity index (χ3v) is 2.05. The van der Waals surface area contributed by atoms with E-state index in [4.69, 9.17) is 0 Å². The number of halogens is 3. The second kappa shape index (κ2) is 4.09.